The van der Waals surface area contributed by atoms with Gasteiger partial charge in [0.2, 0.25) is 5.91 Å². The molecule has 2 amide bonds. The Kier molecular flexibility index (Phi) is 7.13. The second-order valence-corrected chi connectivity index (χ2v) is 5.87. The Balaban J connectivity index is 2.04. The van der Waals surface area contributed by atoms with Gasteiger partial charge in [-0.3, -0.25) is 14.9 Å². The molecule has 0 fully saturated rings. The van der Waals surface area contributed by atoms with Crippen LogP contribution in [0.1, 0.15) is 23.7 Å². The number of anilines is 2. The van der Waals surface area contributed by atoms with Gasteiger partial charge in [0.15, 0.2) is 5.11 Å². The Morgan fingerprint density at radius 2 is 1.70 bits per heavy atom. The van der Waals surface area contributed by atoms with E-state index >= 15 is 0 Å². The molecule has 0 aliphatic rings. The third kappa shape index (κ3) is 5.68. The molecule has 0 radical (unpaired) electrons. The highest BCUT2D eigenvalue weighted by molar-refractivity contribution is 7.80. The van der Waals surface area contributed by atoms with Crippen LogP contribution in [0.2, 0.25) is 0 Å². The lowest BCUT2D eigenvalue weighted by atomic mass is 10.2. The molecule has 0 atom stereocenters. The van der Waals surface area contributed by atoms with Gasteiger partial charge < -0.3 is 20.1 Å². The zero-order chi connectivity index (χ0) is 19.8. The average molecular weight is 387 g/mol. The van der Waals surface area contributed by atoms with E-state index in [1.165, 1.54) is 14.2 Å². The van der Waals surface area contributed by atoms with Gasteiger partial charge in [-0.1, -0.05) is 13.0 Å². The summed E-state index contributed by atoms with van der Waals surface area (Å²) in [6, 6.07) is 11.9. The second kappa shape index (κ2) is 9.54. The van der Waals surface area contributed by atoms with Crippen LogP contribution < -0.4 is 25.4 Å². The molecular formula is C19H21N3O4S. The Bertz CT molecular complexity index is 855. The van der Waals surface area contributed by atoms with Crippen LogP contribution in [0.3, 0.4) is 0 Å². The van der Waals surface area contributed by atoms with Gasteiger partial charge in [-0.2, -0.15) is 0 Å². The lowest BCUT2D eigenvalue weighted by Crippen LogP contribution is -2.34. The molecule has 0 saturated heterocycles. The number of thiocarbonyl (C=S) groups is 1. The number of carbonyl (C=O) groups is 2. The minimum atomic E-state index is -0.414. The number of nitrogens with one attached hydrogen (secondary N) is 3. The van der Waals surface area contributed by atoms with Crippen LogP contribution in [0, 0.1) is 0 Å². The Labute approximate surface area is 163 Å². The number of benzene rings is 2. The normalized spacial score (nSPS) is 9.89. The van der Waals surface area contributed by atoms with Crippen molar-refractivity contribution in [3.63, 3.8) is 0 Å². The van der Waals surface area contributed by atoms with E-state index in [2.05, 4.69) is 16.0 Å². The number of amides is 2. The van der Waals surface area contributed by atoms with E-state index in [1.54, 1.807) is 49.4 Å². The summed E-state index contributed by atoms with van der Waals surface area (Å²) >= 11 is 5.20. The van der Waals surface area contributed by atoms with Crippen LogP contribution in [0.15, 0.2) is 42.5 Å². The van der Waals surface area contributed by atoms with Crippen LogP contribution in [0.25, 0.3) is 0 Å². The third-order valence-electron chi connectivity index (χ3n) is 3.61. The number of ether oxygens (including phenoxy) is 2. The third-order valence-corrected chi connectivity index (χ3v) is 3.81. The maximum atomic E-state index is 12.5. The van der Waals surface area contributed by atoms with Crippen LogP contribution in [-0.2, 0) is 4.79 Å². The average Bonchev–Trinajstić information content (AvgIpc) is 2.67. The summed E-state index contributed by atoms with van der Waals surface area (Å²) in [5.41, 5.74) is 1.60. The second-order valence-electron chi connectivity index (χ2n) is 5.46. The van der Waals surface area contributed by atoms with Gasteiger partial charge in [0, 0.05) is 23.9 Å². The Morgan fingerprint density at radius 3 is 2.33 bits per heavy atom. The largest absolute Gasteiger partial charge is 0.497 e. The van der Waals surface area contributed by atoms with E-state index in [0.29, 0.717) is 34.9 Å². The first-order chi connectivity index (χ1) is 13.0. The van der Waals surface area contributed by atoms with E-state index in [4.69, 9.17) is 21.7 Å². The van der Waals surface area contributed by atoms with E-state index in [9.17, 15) is 9.59 Å². The fourth-order valence-electron chi connectivity index (χ4n) is 2.24. The summed E-state index contributed by atoms with van der Waals surface area (Å²) in [5, 5.41) is 8.40. The van der Waals surface area contributed by atoms with Crippen molar-refractivity contribution in [2.75, 3.05) is 24.9 Å². The minimum absolute atomic E-state index is 0.0883. The molecule has 0 saturated carbocycles. The Hall–Kier alpha value is -3.13. The van der Waals surface area contributed by atoms with Gasteiger partial charge >= 0.3 is 0 Å². The smallest absolute Gasteiger partial charge is 0.261 e. The maximum absolute atomic E-state index is 12.5. The SMILES string of the molecule is CCC(=O)Nc1cccc(NC(=S)NC(=O)c2ccc(OC)cc2OC)c1. The van der Waals surface area contributed by atoms with Gasteiger partial charge in [-0.15, -0.1) is 0 Å². The summed E-state index contributed by atoms with van der Waals surface area (Å²) < 4.78 is 10.3. The number of hydrogen-bond donors (Lipinski definition) is 3. The number of carbonyl (C=O) groups excluding carboxylic acids is 2. The zero-order valence-corrected chi connectivity index (χ0v) is 16.1. The molecule has 2 aromatic carbocycles. The first kappa shape index (κ1) is 20.2. The quantitative estimate of drug-likeness (QED) is 0.660. The molecule has 0 spiro atoms. The van der Waals surface area contributed by atoms with Crippen molar-refractivity contribution in [2.45, 2.75) is 13.3 Å². The first-order valence-electron chi connectivity index (χ1n) is 8.21. The molecule has 0 aliphatic carbocycles. The van der Waals surface area contributed by atoms with Gasteiger partial charge in [0.05, 0.1) is 19.8 Å². The highest BCUT2D eigenvalue weighted by Gasteiger charge is 2.14. The lowest BCUT2D eigenvalue weighted by molar-refractivity contribution is -0.115. The van der Waals surface area contributed by atoms with Crippen LogP contribution in [-0.4, -0.2) is 31.1 Å². The molecule has 2 aromatic rings. The van der Waals surface area contributed by atoms with Crippen molar-refractivity contribution < 1.29 is 19.1 Å². The molecule has 8 heteroatoms. The molecule has 0 heterocycles. The number of rotatable bonds is 6. The molecule has 142 valence electrons. The van der Waals surface area contributed by atoms with Crippen molar-refractivity contribution in [1.29, 1.82) is 0 Å². The molecule has 0 bridgehead atoms. The standard InChI is InChI=1S/C19H21N3O4S/c1-4-17(23)20-12-6-5-7-13(10-12)21-19(27)22-18(24)15-9-8-14(25-2)11-16(15)26-3/h5-11H,4H2,1-3H3,(H,20,23)(H2,21,22,24,27). The lowest BCUT2D eigenvalue weighted by Gasteiger charge is -2.13. The first-order valence-corrected chi connectivity index (χ1v) is 8.62. The van der Waals surface area contributed by atoms with Crippen molar-refractivity contribution in [3.05, 3.63) is 48.0 Å². The van der Waals surface area contributed by atoms with Gasteiger partial charge in [0.25, 0.3) is 5.91 Å². The highest BCUT2D eigenvalue weighted by atomic mass is 32.1. The zero-order valence-electron chi connectivity index (χ0n) is 15.3. The molecule has 0 aliphatic heterocycles. The van der Waals surface area contributed by atoms with E-state index in [0.717, 1.165) is 0 Å². The predicted molar refractivity (Wildman–Crippen MR) is 109 cm³/mol. The summed E-state index contributed by atoms with van der Waals surface area (Å²) in [7, 11) is 3.00. The molecule has 7 nitrogen and oxygen atoms in total. The van der Waals surface area contributed by atoms with Gasteiger partial charge in [-0.25, -0.2) is 0 Å². The van der Waals surface area contributed by atoms with Crippen LogP contribution >= 0.6 is 12.2 Å². The molecular weight excluding hydrogens is 366 g/mol. The topological polar surface area (TPSA) is 88.7 Å². The van der Waals surface area contributed by atoms with Crippen LogP contribution in [0.4, 0.5) is 11.4 Å². The summed E-state index contributed by atoms with van der Waals surface area (Å²) in [4.78, 5) is 23.9. The summed E-state index contributed by atoms with van der Waals surface area (Å²) in [5.74, 6) is 0.450. The monoisotopic (exact) mass is 387 g/mol. The molecule has 3 N–H and O–H groups in total. The van der Waals surface area contributed by atoms with E-state index in [-0.39, 0.29) is 11.0 Å². The van der Waals surface area contributed by atoms with Gasteiger partial charge in [-0.05, 0) is 42.5 Å². The number of methoxy groups -OCH3 is 2. The van der Waals surface area contributed by atoms with Crippen molar-refractivity contribution in [3.8, 4) is 11.5 Å². The minimum Gasteiger partial charge on any atom is -0.497 e. The Morgan fingerprint density at radius 1 is 1.00 bits per heavy atom. The fourth-order valence-corrected chi connectivity index (χ4v) is 2.45. The van der Waals surface area contributed by atoms with Crippen LogP contribution in [0.5, 0.6) is 11.5 Å². The predicted octanol–water partition coefficient (Wildman–Crippen LogP) is 3.18. The summed E-state index contributed by atoms with van der Waals surface area (Å²) in [6.07, 6.45) is 0.385. The maximum Gasteiger partial charge on any atom is 0.261 e. The molecule has 27 heavy (non-hydrogen) atoms. The van der Waals surface area contributed by atoms with E-state index < -0.39 is 5.91 Å². The molecule has 0 unspecified atom stereocenters. The van der Waals surface area contributed by atoms with Crippen molar-refractivity contribution in [1.82, 2.24) is 5.32 Å². The summed E-state index contributed by atoms with van der Waals surface area (Å²) in [6.45, 7) is 1.77. The number of hydrogen-bond acceptors (Lipinski definition) is 5. The van der Waals surface area contributed by atoms with Gasteiger partial charge in [0.1, 0.15) is 11.5 Å². The van der Waals surface area contributed by atoms with E-state index in [1.807, 2.05) is 0 Å². The molecule has 0 aromatic heterocycles. The van der Waals surface area contributed by atoms with Crippen molar-refractivity contribution in [2.24, 2.45) is 0 Å². The molecule has 2 rings (SSSR count). The highest BCUT2D eigenvalue weighted by Crippen LogP contribution is 2.24. The fraction of sp³-hybridized carbons (Fsp3) is 0.211. The van der Waals surface area contributed by atoms with Crippen molar-refractivity contribution >= 4 is 40.5 Å².